The molecule has 6 rings (SSSR count). The Morgan fingerprint density at radius 3 is 2.60 bits per heavy atom. The molecular formula is C26H22N6O2S. The van der Waals surface area contributed by atoms with Crippen LogP contribution in [0.2, 0.25) is 0 Å². The van der Waals surface area contributed by atoms with Gasteiger partial charge < -0.3 is 10.0 Å². The van der Waals surface area contributed by atoms with E-state index in [0.717, 1.165) is 15.8 Å². The highest BCUT2D eigenvalue weighted by Crippen LogP contribution is 2.24. The third-order valence-electron chi connectivity index (χ3n) is 6.19. The molecule has 1 aliphatic rings. The molecule has 0 amide bonds. The predicted molar refractivity (Wildman–Crippen MR) is 135 cm³/mol. The Bertz CT molecular complexity index is 1670. The van der Waals surface area contributed by atoms with Crippen molar-refractivity contribution in [1.82, 2.24) is 29.2 Å². The number of aromatic nitrogens is 5. The van der Waals surface area contributed by atoms with Crippen molar-refractivity contribution in [2.24, 2.45) is 0 Å². The van der Waals surface area contributed by atoms with E-state index in [0.29, 0.717) is 40.2 Å². The van der Waals surface area contributed by atoms with Crippen LogP contribution in [0.15, 0.2) is 78.0 Å². The number of fused-ring (bicyclic) bond motifs is 2. The van der Waals surface area contributed by atoms with Crippen LogP contribution in [0.3, 0.4) is 0 Å². The van der Waals surface area contributed by atoms with Crippen LogP contribution in [0.1, 0.15) is 18.2 Å². The molecule has 8 nitrogen and oxygen atoms in total. The van der Waals surface area contributed by atoms with Gasteiger partial charge in [-0.2, -0.15) is 4.68 Å². The van der Waals surface area contributed by atoms with Crippen molar-refractivity contribution in [3.8, 4) is 5.13 Å². The molecule has 35 heavy (non-hydrogen) atoms. The van der Waals surface area contributed by atoms with Crippen molar-refractivity contribution >= 4 is 33.3 Å². The van der Waals surface area contributed by atoms with E-state index in [9.17, 15) is 9.90 Å². The summed E-state index contributed by atoms with van der Waals surface area (Å²) in [6.45, 7) is 2.66. The molecule has 2 aromatic carbocycles. The van der Waals surface area contributed by atoms with Crippen molar-refractivity contribution in [2.75, 3.05) is 0 Å². The Balaban J connectivity index is 1.59. The maximum absolute atomic E-state index is 13.9. The molecule has 1 aliphatic heterocycles. The Morgan fingerprint density at radius 2 is 1.83 bits per heavy atom. The van der Waals surface area contributed by atoms with Crippen molar-refractivity contribution in [3.05, 3.63) is 105 Å². The van der Waals surface area contributed by atoms with Gasteiger partial charge in [0.1, 0.15) is 6.23 Å². The number of nitrogens with zero attached hydrogens (tertiary/aromatic N) is 6. The lowest BCUT2D eigenvalue weighted by Gasteiger charge is -2.30. The SMILES string of the molecule is CC1=c2c(n(Cc3ccccc3)n(-c3nc4ccccc4s3)c2=O)=CC(O)N1Cc1cnccn1. The smallest absolute Gasteiger partial charge is 0.283 e. The Kier molecular flexibility index (Phi) is 5.28. The van der Waals surface area contributed by atoms with E-state index >= 15 is 0 Å². The minimum atomic E-state index is -0.919. The summed E-state index contributed by atoms with van der Waals surface area (Å²) in [6, 6.07) is 17.8. The zero-order valence-electron chi connectivity index (χ0n) is 18.9. The molecule has 4 heterocycles. The number of hydrogen-bond donors (Lipinski definition) is 1. The first-order valence-corrected chi connectivity index (χ1v) is 12.1. The van der Waals surface area contributed by atoms with Crippen molar-refractivity contribution in [2.45, 2.75) is 26.2 Å². The van der Waals surface area contributed by atoms with Crippen LogP contribution in [0.5, 0.6) is 0 Å². The van der Waals surface area contributed by atoms with Crippen LogP contribution >= 0.6 is 11.3 Å². The maximum Gasteiger partial charge on any atom is 0.283 e. The number of aliphatic hydroxyl groups is 1. The van der Waals surface area contributed by atoms with Gasteiger partial charge in [-0.3, -0.25) is 19.4 Å². The second kappa shape index (κ2) is 8.61. The molecule has 0 spiro atoms. The summed E-state index contributed by atoms with van der Waals surface area (Å²) in [5, 5.41) is 12.9. The number of benzene rings is 2. The standard InChI is InChI=1S/C26H22N6O2S/c1-17-24-21(13-23(33)30(17)16-19-14-27-11-12-28-19)31(15-18-7-3-2-4-8-18)32(25(24)34)26-29-20-9-5-6-10-22(20)35-26/h2-14,23,33H,15-16H2,1H3. The monoisotopic (exact) mass is 482 g/mol. The predicted octanol–water partition coefficient (Wildman–Crippen LogP) is 1.83. The number of para-hydroxylation sites is 1. The van der Waals surface area contributed by atoms with Gasteiger partial charge in [0.25, 0.3) is 5.56 Å². The third kappa shape index (κ3) is 3.74. The molecule has 5 aromatic rings. The lowest BCUT2D eigenvalue weighted by atomic mass is 10.2. The second-order valence-corrected chi connectivity index (χ2v) is 9.38. The first-order chi connectivity index (χ1) is 17.1. The maximum atomic E-state index is 13.9. The Hall–Kier alpha value is -4.08. The molecule has 9 heteroatoms. The van der Waals surface area contributed by atoms with E-state index in [1.165, 1.54) is 11.3 Å². The normalized spacial score (nSPS) is 15.3. The van der Waals surface area contributed by atoms with Gasteiger partial charge in [0, 0.05) is 18.1 Å². The van der Waals surface area contributed by atoms with Crippen molar-refractivity contribution in [1.29, 1.82) is 0 Å². The molecule has 0 bridgehead atoms. The van der Waals surface area contributed by atoms with E-state index in [2.05, 4.69) is 9.97 Å². The van der Waals surface area contributed by atoms with Gasteiger partial charge in [-0.1, -0.05) is 53.8 Å². The van der Waals surface area contributed by atoms with E-state index in [4.69, 9.17) is 4.98 Å². The Morgan fingerprint density at radius 1 is 1.03 bits per heavy atom. The van der Waals surface area contributed by atoms with Crippen LogP contribution in [0, 0.1) is 0 Å². The van der Waals surface area contributed by atoms with E-state index < -0.39 is 6.23 Å². The van der Waals surface area contributed by atoms with Gasteiger partial charge in [-0.25, -0.2) is 4.98 Å². The third-order valence-corrected chi connectivity index (χ3v) is 7.20. The molecule has 0 fully saturated rings. The lowest BCUT2D eigenvalue weighted by Crippen LogP contribution is -2.49. The molecule has 1 N–H and O–H groups in total. The van der Waals surface area contributed by atoms with Gasteiger partial charge in [0.05, 0.1) is 45.8 Å². The highest BCUT2D eigenvalue weighted by Gasteiger charge is 2.26. The lowest BCUT2D eigenvalue weighted by molar-refractivity contribution is 0.0914. The summed E-state index contributed by atoms with van der Waals surface area (Å²) < 4.78 is 4.56. The molecule has 0 aliphatic carbocycles. The molecule has 0 saturated heterocycles. The van der Waals surface area contributed by atoms with Gasteiger partial charge in [-0.05, 0) is 30.7 Å². The van der Waals surface area contributed by atoms with E-state index in [1.54, 1.807) is 34.2 Å². The fraction of sp³-hybridized carbons (Fsp3) is 0.154. The summed E-state index contributed by atoms with van der Waals surface area (Å²) >= 11 is 1.47. The van der Waals surface area contributed by atoms with Gasteiger partial charge >= 0.3 is 0 Å². The summed E-state index contributed by atoms with van der Waals surface area (Å²) in [5.41, 5.74) is 3.12. The molecular weight excluding hydrogens is 460 g/mol. The molecule has 0 saturated carbocycles. The highest BCUT2D eigenvalue weighted by molar-refractivity contribution is 7.20. The Labute approximate surface area is 204 Å². The summed E-state index contributed by atoms with van der Waals surface area (Å²) in [6.07, 6.45) is 5.70. The molecule has 174 valence electrons. The van der Waals surface area contributed by atoms with Crippen molar-refractivity contribution in [3.63, 3.8) is 0 Å². The average molecular weight is 483 g/mol. The molecule has 1 atom stereocenters. The summed E-state index contributed by atoms with van der Waals surface area (Å²) in [5.74, 6) is 0. The van der Waals surface area contributed by atoms with Crippen LogP contribution in [-0.2, 0) is 13.1 Å². The van der Waals surface area contributed by atoms with Crippen LogP contribution in [-0.4, -0.2) is 40.5 Å². The first-order valence-electron chi connectivity index (χ1n) is 11.2. The number of aliphatic hydroxyl groups excluding tert-OH is 1. The topological polar surface area (TPSA) is 89.1 Å². The number of hydrogen-bond acceptors (Lipinski definition) is 7. The molecule has 0 radical (unpaired) electrons. The average Bonchev–Trinajstić information content (AvgIpc) is 3.41. The number of rotatable bonds is 5. The fourth-order valence-electron chi connectivity index (χ4n) is 4.50. The summed E-state index contributed by atoms with van der Waals surface area (Å²) in [7, 11) is 0. The highest BCUT2D eigenvalue weighted by atomic mass is 32.1. The first kappa shape index (κ1) is 21.5. The molecule has 3 aromatic heterocycles. The van der Waals surface area contributed by atoms with Crippen LogP contribution < -0.4 is 16.1 Å². The second-order valence-electron chi connectivity index (χ2n) is 8.37. The van der Waals surface area contributed by atoms with Gasteiger partial charge in [0.15, 0.2) is 0 Å². The van der Waals surface area contributed by atoms with E-state index in [-0.39, 0.29) is 5.56 Å². The van der Waals surface area contributed by atoms with Crippen molar-refractivity contribution < 1.29 is 5.11 Å². The number of thiazole rings is 1. The van der Waals surface area contributed by atoms with Crippen LogP contribution in [0.4, 0.5) is 0 Å². The molecule has 1 unspecified atom stereocenters. The quantitative estimate of drug-likeness (QED) is 0.411. The summed E-state index contributed by atoms with van der Waals surface area (Å²) in [4.78, 5) is 28.9. The van der Waals surface area contributed by atoms with E-state index in [1.807, 2.05) is 66.2 Å². The van der Waals surface area contributed by atoms with Gasteiger partial charge in [-0.15, -0.1) is 0 Å². The minimum Gasteiger partial charge on any atom is -0.370 e. The zero-order chi connectivity index (χ0) is 23.9. The minimum absolute atomic E-state index is 0.167. The fourth-order valence-corrected chi connectivity index (χ4v) is 5.47. The zero-order valence-corrected chi connectivity index (χ0v) is 19.8. The van der Waals surface area contributed by atoms with Gasteiger partial charge in [0.2, 0.25) is 5.13 Å². The largest absolute Gasteiger partial charge is 0.370 e. The van der Waals surface area contributed by atoms with Crippen LogP contribution in [0.25, 0.3) is 27.1 Å².